The Morgan fingerprint density at radius 1 is 1.07 bits per heavy atom. The second-order valence-corrected chi connectivity index (χ2v) is 11.0. The topological polar surface area (TPSA) is 63.6 Å². The molecule has 0 saturated heterocycles. The van der Waals surface area contributed by atoms with Gasteiger partial charge in [-0.3, -0.25) is 4.79 Å². The summed E-state index contributed by atoms with van der Waals surface area (Å²) in [6, 6.07) is 0. The molecule has 4 saturated carbocycles. The molecular weight excluding hydrogens is 352 g/mol. The van der Waals surface area contributed by atoms with Crippen LogP contribution in [0.3, 0.4) is 0 Å². The summed E-state index contributed by atoms with van der Waals surface area (Å²) in [5.74, 6) is 1.67. The highest BCUT2D eigenvalue weighted by atomic mass is 16.5. The molecule has 0 amide bonds. The number of esters is 1. The Morgan fingerprint density at radius 2 is 1.79 bits per heavy atom. The number of carbonyl (C=O) groups excluding carboxylic acids is 2. The van der Waals surface area contributed by atoms with Crippen LogP contribution in [0.4, 0.5) is 0 Å². The third-order valence-corrected chi connectivity index (χ3v) is 10.3. The molecule has 0 aromatic rings. The van der Waals surface area contributed by atoms with Crippen molar-refractivity contribution in [3.8, 4) is 0 Å². The lowest BCUT2D eigenvalue weighted by atomic mass is 9.42. The first-order chi connectivity index (χ1) is 13.2. The monoisotopic (exact) mass is 390 g/mol. The van der Waals surface area contributed by atoms with Crippen LogP contribution in [-0.4, -0.2) is 30.1 Å². The van der Waals surface area contributed by atoms with Crippen LogP contribution >= 0.6 is 0 Å². The van der Waals surface area contributed by atoms with Gasteiger partial charge in [0.25, 0.3) is 0 Å². The van der Waals surface area contributed by atoms with Gasteiger partial charge in [0.05, 0.1) is 18.6 Å². The zero-order valence-electron chi connectivity index (χ0n) is 18.1. The van der Waals surface area contributed by atoms with Gasteiger partial charge in [-0.15, -0.1) is 0 Å². The molecule has 4 fully saturated rings. The molecule has 0 heterocycles. The normalized spacial score (nSPS) is 51.4. The number of methoxy groups -OCH3 is 1. The van der Waals surface area contributed by atoms with E-state index in [2.05, 4.69) is 13.8 Å². The van der Waals surface area contributed by atoms with Crippen LogP contribution in [-0.2, 0) is 14.3 Å². The van der Waals surface area contributed by atoms with Crippen molar-refractivity contribution in [1.29, 1.82) is 0 Å². The van der Waals surface area contributed by atoms with E-state index in [0.29, 0.717) is 23.7 Å². The van der Waals surface area contributed by atoms with Crippen molar-refractivity contribution in [1.82, 2.24) is 0 Å². The van der Waals surface area contributed by atoms with Crippen molar-refractivity contribution in [2.75, 3.05) is 7.11 Å². The molecule has 4 aliphatic carbocycles. The van der Waals surface area contributed by atoms with Crippen LogP contribution in [0.2, 0.25) is 0 Å². The lowest BCUT2D eigenvalue weighted by Gasteiger charge is -2.65. The van der Waals surface area contributed by atoms with Gasteiger partial charge < -0.3 is 14.6 Å². The minimum Gasteiger partial charge on any atom is -0.469 e. The number of ether oxygens (including phenoxy) is 1. The predicted molar refractivity (Wildman–Crippen MR) is 107 cm³/mol. The second kappa shape index (κ2) is 6.82. The van der Waals surface area contributed by atoms with E-state index in [1.807, 2.05) is 6.92 Å². The Balaban J connectivity index is 1.62. The number of aliphatic hydroxyl groups is 1. The number of aldehydes is 1. The zero-order valence-corrected chi connectivity index (χ0v) is 18.1. The molecule has 0 bridgehead atoms. The van der Waals surface area contributed by atoms with Crippen molar-refractivity contribution in [2.45, 2.75) is 84.2 Å². The summed E-state index contributed by atoms with van der Waals surface area (Å²) < 4.78 is 5.07. The first kappa shape index (κ1) is 20.4. The summed E-state index contributed by atoms with van der Waals surface area (Å²) in [6.45, 7) is 6.73. The van der Waals surface area contributed by atoms with Gasteiger partial charge in [-0.2, -0.15) is 0 Å². The molecule has 4 rings (SSSR count). The molecule has 28 heavy (non-hydrogen) atoms. The molecule has 0 spiro atoms. The van der Waals surface area contributed by atoms with Crippen LogP contribution in [0.15, 0.2) is 0 Å². The van der Waals surface area contributed by atoms with Crippen LogP contribution in [0.25, 0.3) is 0 Å². The van der Waals surface area contributed by atoms with Gasteiger partial charge in [-0.05, 0) is 92.3 Å². The van der Waals surface area contributed by atoms with Gasteiger partial charge in [-0.1, -0.05) is 20.8 Å². The first-order valence-electron chi connectivity index (χ1n) is 11.5. The van der Waals surface area contributed by atoms with E-state index in [4.69, 9.17) is 4.74 Å². The van der Waals surface area contributed by atoms with Crippen molar-refractivity contribution < 1.29 is 19.4 Å². The summed E-state index contributed by atoms with van der Waals surface area (Å²) in [4.78, 5) is 23.6. The van der Waals surface area contributed by atoms with Crippen molar-refractivity contribution in [2.24, 2.45) is 46.3 Å². The largest absolute Gasteiger partial charge is 0.469 e. The third-order valence-electron chi connectivity index (χ3n) is 10.3. The quantitative estimate of drug-likeness (QED) is 0.574. The maximum Gasteiger partial charge on any atom is 0.308 e. The van der Waals surface area contributed by atoms with Crippen LogP contribution in [0.5, 0.6) is 0 Å². The fourth-order valence-corrected chi connectivity index (χ4v) is 8.57. The van der Waals surface area contributed by atoms with Gasteiger partial charge in [0, 0.05) is 5.92 Å². The maximum absolute atomic E-state index is 12.3. The van der Waals surface area contributed by atoms with E-state index in [0.717, 1.165) is 64.1 Å². The molecule has 0 aromatic carbocycles. The lowest BCUT2D eigenvalue weighted by molar-refractivity contribution is -0.238. The Bertz CT molecular complexity index is 647. The molecule has 0 aliphatic heterocycles. The SMILES string of the molecule is COC(=O)C(C)[C@H]1CC[C@H]2[C@@H]3CCC4CC(C=O)CC[C@]4(C)[C@@]3(O)CC[C@]12C. The minimum atomic E-state index is -0.614. The van der Waals surface area contributed by atoms with E-state index in [1.165, 1.54) is 7.11 Å². The number of hydrogen-bond donors (Lipinski definition) is 1. The molecule has 3 unspecified atom stereocenters. The van der Waals surface area contributed by atoms with Crippen molar-refractivity contribution in [3.05, 3.63) is 0 Å². The molecule has 0 radical (unpaired) electrons. The molecule has 4 nitrogen and oxygen atoms in total. The van der Waals surface area contributed by atoms with E-state index in [9.17, 15) is 14.7 Å². The molecule has 9 atom stereocenters. The van der Waals surface area contributed by atoms with E-state index < -0.39 is 5.60 Å². The molecular formula is C24H38O4. The molecule has 4 heteroatoms. The fourth-order valence-electron chi connectivity index (χ4n) is 8.57. The van der Waals surface area contributed by atoms with Gasteiger partial charge in [0.1, 0.15) is 6.29 Å². The van der Waals surface area contributed by atoms with Crippen LogP contribution in [0.1, 0.15) is 78.6 Å². The lowest BCUT2D eigenvalue weighted by Crippen LogP contribution is -2.65. The highest BCUT2D eigenvalue weighted by Gasteiger charge is 2.67. The Morgan fingerprint density at radius 3 is 2.46 bits per heavy atom. The Kier molecular flexibility index (Phi) is 4.96. The summed E-state index contributed by atoms with van der Waals surface area (Å²) in [6.07, 6.45) is 10.2. The number of rotatable bonds is 3. The summed E-state index contributed by atoms with van der Waals surface area (Å²) >= 11 is 0. The Hall–Kier alpha value is -0.900. The summed E-state index contributed by atoms with van der Waals surface area (Å²) in [5, 5.41) is 12.2. The predicted octanol–water partition coefficient (Wildman–Crippen LogP) is 4.38. The van der Waals surface area contributed by atoms with E-state index >= 15 is 0 Å². The van der Waals surface area contributed by atoms with Crippen LogP contribution < -0.4 is 0 Å². The average molecular weight is 391 g/mol. The number of hydrogen-bond acceptors (Lipinski definition) is 4. The van der Waals surface area contributed by atoms with Gasteiger partial charge in [0.15, 0.2) is 0 Å². The Labute approximate surface area is 169 Å². The average Bonchev–Trinajstić information content (AvgIpc) is 3.04. The standard InChI is InChI=1S/C24H38O4/c1-15(21(26)28-4)18-7-8-19-20-6-5-17-13-16(14-25)9-10-23(17,3)24(20,27)12-11-22(18,19)2/h14-20,27H,5-13H2,1-4H3/t15?,16?,17?,18-,19+,20+,22-,23+,24-/m1/s1. The van der Waals surface area contributed by atoms with Crippen molar-refractivity contribution in [3.63, 3.8) is 0 Å². The minimum absolute atomic E-state index is 0.0667. The summed E-state index contributed by atoms with van der Waals surface area (Å²) in [7, 11) is 1.49. The highest BCUT2D eigenvalue weighted by Crippen LogP contribution is 2.69. The molecule has 0 aromatic heterocycles. The fraction of sp³-hybridized carbons (Fsp3) is 0.917. The van der Waals surface area contributed by atoms with Crippen molar-refractivity contribution >= 4 is 12.3 Å². The second-order valence-electron chi connectivity index (χ2n) is 11.0. The summed E-state index contributed by atoms with van der Waals surface area (Å²) in [5.41, 5.74) is -0.562. The maximum atomic E-state index is 12.3. The smallest absolute Gasteiger partial charge is 0.308 e. The van der Waals surface area contributed by atoms with Gasteiger partial charge in [0.2, 0.25) is 0 Å². The van der Waals surface area contributed by atoms with Crippen LogP contribution in [0, 0.1) is 46.3 Å². The van der Waals surface area contributed by atoms with Gasteiger partial charge >= 0.3 is 5.97 Å². The number of carbonyl (C=O) groups is 2. The van der Waals surface area contributed by atoms with E-state index in [1.54, 1.807) is 0 Å². The third kappa shape index (κ3) is 2.58. The molecule has 1 N–H and O–H groups in total. The van der Waals surface area contributed by atoms with E-state index in [-0.39, 0.29) is 28.6 Å². The number of fused-ring (bicyclic) bond motifs is 5. The molecule has 158 valence electrons. The molecule has 4 aliphatic rings. The zero-order chi connectivity index (χ0) is 20.3. The van der Waals surface area contributed by atoms with Gasteiger partial charge in [-0.25, -0.2) is 0 Å². The first-order valence-corrected chi connectivity index (χ1v) is 11.5. The highest BCUT2D eigenvalue weighted by molar-refractivity contribution is 5.72.